The number of rotatable bonds is 4. The molecule has 1 aliphatic heterocycles. The summed E-state index contributed by atoms with van der Waals surface area (Å²) < 4.78 is 2.16. The monoisotopic (exact) mass is 236 g/mol. The van der Waals surface area contributed by atoms with Gasteiger partial charge in [0.1, 0.15) is 5.82 Å². The van der Waals surface area contributed by atoms with Crippen molar-refractivity contribution < 1.29 is 4.79 Å². The van der Waals surface area contributed by atoms with Gasteiger partial charge in [-0.1, -0.05) is 0 Å². The normalized spacial score (nSPS) is 19.1. The number of amides is 1. The van der Waals surface area contributed by atoms with E-state index in [2.05, 4.69) is 14.9 Å². The van der Waals surface area contributed by atoms with Crippen LogP contribution in [0.25, 0.3) is 0 Å². The molecule has 94 valence electrons. The number of carbonyl (C=O) groups is 1. The van der Waals surface area contributed by atoms with Crippen LogP contribution in [0.2, 0.25) is 0 Å². The molecule has 0 saturated heterocycles. The molecule has 17 heavy (non-hydrogen) atoms. The smallest absolute Gasteiger partial charge is 0.221 e. The van der Waals surface area contributed by atoms with Crippen LogP contribution in [-0.2, 0) is 17.8 Å². The Labute approximate surface area is 102 Å². The molecule has 0 saturated carbocycles. The van der Waals surface area contributed by atoms with Gasteiger partial charge in [0.15, 0.2) is 0 Å². The Morgan fingerprint density at radius 2 is 2.47 bits per heavy atom. The lowest BCUT2D eigenvalue weighted by atomic mass is 10.1. The van der Waals surface area contributed by atoms with Gasteiger partial charge in [0.05, 0.1) is 0 Å². The molecule has 1 N–H and O–H groups in total. The zero-order chi connectivity index (χ0) is 12.3. The molecule has 0 bridgehead atoms. The molecule has 1 atom stereocenters. The van der Waals surface area contributed by atoms with Gasteiger partial charge in [-0.2, -0.15) is 0 Å². The van der Waals surface area contributed by atoms with Crippen molar-refractivity contribution in [1.29, 1.82) is 0 Å². The largest absolute Gasteiger partial charge is 0.353 e. The van der Waals surface area contributed by atoms with Crippen molar-refractivity contribution in [2.75, 3.05) is 20.6 Å². The van der Waals surface area contributed by atoms with Crippen LogP contribution in [0.4, 0.5) is 0 Å². The summed E-state index contributed by atoms with van der Waals surface area (Å²) >= 11 is 0. The molecule has 0 radical (unpaired) electrons. The first-order chi connectivity index (χ1) is 8.15. The van der Waals surface area contributed by atoms with E-state index in [0.717, 1.165) is 31.8 Å². The third-order valence-corrected chi connectivity index (χ3v) is 3.10. The van der Waals surface area contributed by atoms with E-state index < -0.39 is 0 Å². The lowest BCUT2D eigenvalue weighted by Gasteiger charge is -2.24. The number of hydrogen-bond donors (Lipinski definition) is 1. The average Bonchev–Trinajstić information content (AvgIpc) is 2.73. The van der Waals surface area contributed by atoms with Crippen molar-refractivity contribution in [3.05, 3.63) is 18.2 Å². The molecule has 0 aromatic carbocycles. The zero-order valence-corrected chi connectivity index (χ0v) is 10.5. The molecule has 1 amide bonds. The first kappa shape index (κ1) is 12.1. The second-order valence-electron chi connectivity index (χ2n) is 4.85. The minimum Gasteiger partial charge on any atom is -0.353 e. The quantitative estimate of drug-likeness (QED) is 0.816. The molecule has 1 aromatic heterocycles. The highest BCUT2D eigenvalue weighted by Gasteiger charge is 2.20. The Bertz CT molecular complexity index is 386. The highest BCUT2D eigenvalue weighted by molar-refractivity contribution is 5.76. The van der Waals surface area contributed by atoms with E-state index in [1.807, 2.05) is 31.4 Å². The van der Waals surface area contributed by atoms with Crippen LogP contribution in [0.5, 0.6) is 0 Å². The van der Waals surface area contributed by atoms with Gasteiger partial charge >= 0.3 is 0 Å². The maximum Gasteiger partial charge on any atom is 0.221 e. The molecule has 1 unspecified atom stereocenters. The number of aromatic nitrogens is 2. The van der Waals surface area contributed by atoms with Crippen molar-refractivity contribution in [2.24, 2.45) is 0 Å². The molecule has 0 fully saturated rings. The Balaban J connectivity index is 1.79. The van der Waals surface area contributed by atoms with Crippen molar-refractivity contribution in [2.45, 2.75) is 31.8 Å². The number of nitrogens with zero attached hydrogens (tertiary/aromatic N) is 3. The van der Waals surface area contributed by atoms with Gasteiger partial charge in [0, 0.05) is 44.4 Å². The number of imidazole rings is 1. The number of fused-ring (bicyclic) bond motifs is 1. The molecule has 5 heteroatoms. The summed E-state index contributed by atoms with van der Waals surface area (Å²) in [4.78, 5) is 18.0. The molecule has 1 aromatic rings. The second kappa shape index (κ2) is 5.31. The van der Waals surface area contributed by atoms with Crippen LogP contribution < -0.4 is 5.32 Å². The number of hydrogen-bond acceptors (Lipinski definition) is 3. The predicted octanol–water partition coefficient (Wildman–Crippen LogP) is 0.266. The van der Waals surface area contributed by atoms with Gasteiger partial charge in [0.25, 0.3) is 0 Å². The Kier molecular flexibility index (Phi) is 3.78. The number of aryl methyl sites for hydroxylation is 1. The van der Waals surface area contributed by atoms with Crippen LogP contribution in [0.15, 0.2) is 12.4 Å². The SMILES string of the molecule is CN(C)CCC(=O)NC1CCn2ccnc2C1. The molecule has 2 rings (SSSR count). The van der Waals surface area contributed by atoms with Crippen molar-refractivity contribution >= 4 is 5.91 Å². The summed E-state index contributed by atoms with van der Waals surface area (Å²) in [5.74, 6) is 1.22. The molecule has 1 aliphatic rings. The van der Waals surface area contributed by atoms with Gasteiger partial charge in [-0.15, -0.1) is 0 Å². The van der Waals surface area contributed by atoms with Gasteiger partial charge < -0.3 is 14.8 Å². The molecule has 0 aliphatic carbocycles. The Morgan fingerprint density at radius 3 is 3.24 bits per heavy atom. The Hall–Kier alpha value is -1.36. The van der Waals surface area contributed by atoms with Crippen molar-refractivity contribution in [1.82, 2.24) is 19.8 Å². The minimum atomic E-state index is 0.142. The maximum atomic E-state index is 11.7. The lowest BCUT2D eigenvalue weighted by Crippen LogP contribution is -2.41. The van der Waals surface area contributed by atoms with E-state index in [-0.39, 0.29) is 11.9 Å². The molecular formula is C12H20N4O. The predicted molar refractivity (Wildman–Crippen MR) is 65.6 cm³/mol. The van der Waals surface area contributed by atoms with Gasteiger partial charge in [-0.3, -0.25) is 4.79 Å². The molecular weight excluding hydrogens is 216 g/mol. The molecule has 5 nitrogen and oxygen atoms in total. The minimum absolute atomic E-state index is 0.142. The molecule has 2 heterocycles. The third-order valence-electron chi connectivity index (χ3n) is 3.10. The van der Waals surface area contributed by atoms with E-state index in [1.54, 1.807) is 0 Å². The van der Waals surface area contributed by atoms with Crippen LogP contribution in [-0.4, -0.2) is 47.0 Å². The third kappa shape index (κ3) is 3.30. The van der Waals surface area contributed by atoms with Gasteiger partial charge in [0.2, 0.25) is 5.91 Å². The highest BCUT2D eigenvalue weighted by Crippen LogP contribution is 2.13. The standard InChI is InChI=1S/C12H20N4O/c1-15(2)6-4-12(17)14-10-3-7-16-8-5-13-11(16)9-10/h5,8,10H,3-4,6-7,9H2,1-2H3,(H,14,17). The Morgan fingerprint density at radius 1 is 1.65 bits per heavy atom. The fraction of sp³-hybridized carbons (Fsp3) is 0.667. The van der Waals surface area contributed by atoms with Crippen LogP contribution >= 0.6 is 0 Å². The van der Waals surface area contributed by atoms with E-state index in [0.29, 0.717) is 6.42 Å². The van der Waals surface area contributed by atoms with E-state index in [4.69, 9.17) is 0 Å². The first-order valence-corrected chi connectivity index (χ1v) is 6.09. The number of nitrogens with one attached hydrogen (secondary N) is 1. The van der Waals surface area contributed by atoms with Crippen LogP contribution in [0.1, 0.15) is 18.7 Å². The van der Waals surface area contributed by atoms with E-state index in [9.17, 15) is 4.79 Å². The van der Waals surface area contributed by atoms with Gasteiger partial charge in [-0.05, 0) is 20.5 Å². The summed E-state index contributed by atoms with van der Waals surface area (Å²) in [6, 6.07) is 0.250. The van der Waals surface area contributed by atoms with E-state index in [1.165, 1.54) is 0 Å². The summed E-state index contributed by atoms with van der Waals surface area (Å²) in [6.07, 6.45) is 6.24. The van der Waals surface area contributed by atoms with Crippen LogP contribution in [0, 0.1) is 0 Å². The summed E-state index contributed by atoms with van der Waals surface area (Å²) in [6.45, 7) is 1.75. The molecule has 0 spiro atoms. The summed E-state index contributed by atoms with van der Waals surface area (Å²) in [5, 5.41) is 3.09. The highest BCUT2D eigenvalue weighted by atomic mass is 16.1. The topological polar surface area (TPSA) is 50.2 Å². The number of carbonyl (C=O) groups excluding carboxylic acids is 1. The average molecular weight is 236 g/mol. The lowest BCUT2D eigenvalue weighted by molar-refractivity contribution is -0.122. The second-order valence-corrected chi connectivity index (χ2v) is 4.85. The van der Waals surface area contributed by atoms with Crippen LogP contribution in [0.3, 0.4) is 0 Å². The first-order valence-electron chi connectivity index (χ1n) is 6.09. The summed E-state index contributed by atoms with van der Waals surface area (Å²) in [5.41, 5.74) is 0. The van der Waals surface area contributed by atoms with Gasteiger partial charge in [-0.25, -0.2) is 4.98 Å². The van der Waals surface area contributed by atoms with E-state index >= 15 is 0 Å². The zero-order valence-electron chi connectivity index (χ0n) is 10.5. The van der Waals surface area contributed by atoms with Crippen molar-refractivity contribution in [3.63, 3.8) is 0 Å². The fourth-order valence-electron chi connectivity index (χ4n) is 2.10. The van der Waals surface area contributed by atoms with Crippen molar-refractivity contribution in [3.8, 4) is 0 Å². The maximum absolute atomic E-state index is 11.7. The summed E-state index contributed by atoms with van der Waals surface area (Å²) in [7, 11) is 3.95. The fourth-order valence-corrected chi connectivity index (χ4v) is 2.10.